The topological polar surface area (TPSA) is 112 Å². The number of fused-ring (bicyclic) bond motifs is 1. The van der Waals surface area contributed by atoms with E-state index in [0.29, 0.717) is 11.5 Å². The summed E-state index contributed by atoms with van der Waals surface area (Å²) in [6.07, 6.45) is 4.27. The van der Waals surface area contributed by atoms with Crippen LogP contribution in [0.3, 0.4) is 0 Å². The van der Waals surface area contributed by atoms with Gasteiger partial charge in [-0.25, -0.2) is 13.2 Å². The number of methoxy groups -OCH3 is 2. The molecule has 10 heteroatoms. The number of carbonyl (C=O) groups excluding carboxylic acids is 2. The molecule has 0 atom stereocenters. The maximum Gasteiger partial charge on any atom is 0.340 e. The Hall–Kier alpha value is -3.14. The van der Waals surface area contributed by atoms with E-state index in [1.165, 1.54) is 38.6 Å². The quantitative estimate of drug-likeness (QED) is 0.507. The fraction of sp³-hybridized carbons (Fsp3) is 0.278. The van der Waals surface area contributed by atoms with Gasteiger partial charge in [-0.1, -0.05) is 0 Å². The maximum atomic E-state index is 12.4. The first-order valence-corrected chi connectivity index (χ1v) is 9.85. The summed E-state index contributed by atoms with van der Waals surface area (Å²) >= 11 is 0. The first-order valence-electron chi connectivity index (χ1n) is 8.24. The highest BCUT2D eigenvalue weighted by Gasteiger charge is 2.26. The molecule has 3 rings (SSSR count). The fourth-order valence-electron chi connectivity index (χ4n) is 2.64. The van der Waals surface area contributed by atoms with E-state index in [-0.39, 0.29) is 29.3 Å². The van der Waals surface area contributed by atoms with Crippen LogP contribution in [0.2, 0.25) is 0 Å². The van der Waals surface area contributed by atoms with Crippen molar-refractivity contribution in [1.82, 2.24) is 4.90 Å². The minimum atomic E-state index is -3.47. The van der Waals surface area contributed by atoms with E-state index in [9.17, 15) is 18.0 Å². The third-order valence-electron chi connectivity index (χ3n) is 4.10. The van der Waals surface area contributed by atoms with Crippen LogP contribution in [0.4, 0.5) is 0 Å². The number of nitrogens with zero attached hydrogens (tertiary/aromatic N) is 2. The zero-order valence-electron chi connectivity index (χ0n) is 15.2. The number of Topliss-reactive ketones (excluding diaryl/α,β-unsaturated/α-hetero) is 1. The summed E-state index contributed by atoms with van der Waals surface area (Å²) in [5, 5.41) is 0. The molecule has 148 valence electrons. The third-order valence-corrected chi connectivity index (χ3v) is 5.27. The number of carbonyl (C=O) groups is 2. The molecule has 1 aromatic rings. The standard InChI is InChI=1S/C18H18N2O7S/c1-25-13-4-5-14(16(9-13)26-2)15(21)11-27-18(22)12-3-6-17-19-28(23,24)8-7-20(17)10-12/h3-6,9-10H,7-8,11H2,1-2H3. The monoisotopic (exact) mass is 406 g/mol. The Kier molecular flexibility index (Phi) is 5.50. The summed E-state index contributed by atoms with van der Waals surface area (Å²) in [5.41, 5.74) is 0.452. The fourth-order valence-corrected chi connectivity index (χ4v) is 3.61. The molecule has 2 aliphatic heterocycles. The smallest absolute Gasteiger partial charge is 0.340 e. The molecule has 0 unspecified atom stereocenters. The van der Waals surface area contributed by atoms with Gasteiger partial charge in [0.1, 0.15) is 17.3 Å². The minimum absolute atomic E-state index is 0.140. The van der Waals surface area contributed by atoms with Crippen molar-refractivity contribution in [3.63, 3.8) is 0 Å². The predicted octanol–water partition coefficient (Wildman–Crippen LogP) is 0.927. The summed E-state index contributed by atoms with van der Waals surface area (Å²) in [4.78, 5) is 26.2. The number of ether oxygens (including phenoxy) is 3. The van der Waals surface area contributed by atoms with E-state index in [0.717, 1.165) is 0 Å². The van der Waals surface area contributed by atoms with Crippen molar-refractivity contribution in [1.29, 1.82) is 0 Å². The lowest BCUT2D eigenvalue weighted by Gasteiger charge is -2.26. The molecule has 0 fully saturated rings. The summed E-state index contributed by atoms with van der Waals surface area (Å²) in [6.45, 7) is -0.285. The molecular formula is C18H18N2O7S. The van der Waals surface area contributed by atoms with Crippen molar-refractivity contribution in [3.8, 4) is 11.5 Å². The van der Waals surface area contributed by atoms with Gasteiger partial charge >= 0.3 is 5.97 Å². The largest absolute Gasteiger partial charge is 0.497 e. The SMILES string of the molecule is COc1ccc(C(=O)COC(=O)C2=CN3CCS(=O)(=O)N=C3C=C2)c(OC)c1. The van der Waals surface area contributed by atoms with Crippen LogP contribution in [0, 0.1) is 0 Å². The van der Waals surface area contributed by atoms with Gasteiger partial charge in [-0.05, 0) is 24.3 Å². The molecule has 1 aromatic carbocycles. The number of amidine groups is 1. The van der Waals surface area contributed by atoms with Crippen LogP contribution in [0.1, 0.15) is 10.4 Å². The Balaban J connectivity index is 1.66. The van der Waals surface area contributed by atoms with Gasteiger partial charge in [0.15, 0.2) is 6.61 Å². The highest BCUT2D eigenvalue weighted by molar-refractivity contribution is 7.90. The number of rotatable bonds is 6. The van der Waals surface area contributed by atoms with Crippen LogP contribution in [0.15, 0.2) is 46.5 Å². The summed E-state index contributed by atoms with van der Waals surface area (Å²) in [6, 6.07) is 4.70. The van der Waals surface area contributed by atoms with Gasteiger partial charge in [0.25, 0.3) is 10.0 Å². The van der Waals surface area contributed by atoms with E-state index < -0.39 is 28.4 Å². The molecule has 0 saturated carbocycles. The number of ketones is 1. The Morgan fingerprint density at radius 3 is 2.68 bits per heavy atom. The molecule has 2 aliphatic rings. The maximum absolute atomic E-state index is 12.4. The van der Waals surface area contributed by atoms with Gasteiger partial charge in [-0.2, -0.15) is 0 Å². The minimum Gasteiger partial charge on any atom is -0.497 e. The van der Waals surface area contributed by atoms with E-state index in [1.807, 2.05) is 0 Å². The summed E-state index contributed by atoms with van der Waals surface area (Å²) < 4.78 is 42.0. The lowest BCUT2D eigenvalue weighted by Crippen LogP contribution is -2.37. The van der Waals surface area contributed by atoms with Crippen molar-refractivity contribution in [2.45, 2.75) is 0 Å². The number of sulfonamides is 1. The number of hydrogen-bond acceptors (Lipinski definition) is 8. The molecule has 2 heterocycles. The zero-order chi connectivity index (χ0) is 20.3. The molecule has 0 spiro atoms. The highest BCUT2D eigenvalue weighted by Crippen LogP contribution is 2.25. The van der Waals surface area contributed by atoms with E-state index >= 15 is 0 Å². The first-order chi connectivity index (χ1) is 13.3. The van der Waals surface area contributed by atoms with Crippen molar-refractivity contribution in [3.05, 3.63) is 47.7 Å². The van der Waals surface area contributed by atoms with Crippen LogP contribution in [-0.4, -0.2) is 64.0 Å². The van der Waals surface area contributed by atoms with E-state index in [1.54, 1.807) is 17.0 Å². The highest BCUT2D eigenvalue weighted by atomic mass is 32.2. The van der Waals surface area contributed by atoms with Gasteiger partial charge in [0, 0.05) is 18.8 Å². The molecule has 0 N–H and O–H groups in total. The second-order valence-electron chi connectivity index (χ2n) is 5.91. The van der Waals surface area contributed by atoms with Gasteiger partial charge in [0.05, 0.1) is 31.1 Å². The zero-order valence-corrected chi connectivity index (χ0v) is 16.1. The van der Waals surface area contributed by atoms with Crippen LogP contribution >= 0.6 is 0 Å². The molecule has 0 amide bonds. The Bertz CT molecular complexity index is 1010. The second kappa shape index (κ2) is 7.85. The van der Waals surface area contributed by atoms with Gasteiger partial charge in [-0.3, -0.25) is 4.79 Å². The lowest BCUT2D eigenvalue weighted by atomic mass is 10.1. The number of benzene rings is 1. The molecule has 0 aromatic heterocycles. The van der Waals surface area contributed by atoms with Crippen LogP contribution < -0.4 is 9.47 Å². The van der Waals surface area contributed by atoms with Gasteiger partial charge in [-0.15, -0.1) is 4.40 Å². The first kappa shape index (κ1) is 19.6. The Morgan fingerprint density at radius 1 is 1.18 bits per heavy atom. The van der Waals surface area contributed by atoms with Crippen LogP contribution in [0.5, 0.6) is 11.5 Å². The third kappa shape index (κ3) is 4.22. The van der Waals surface area contributed by atoms with Crippen molar-refractivity contribution < 1.29 is 32.2 Å². The van der Waals surface area contributed by atoms with Gasteiger partial charge < -0.3 is 19.1 Å². The van der Waals surface area contributed by atoms with E-state index in [4.69, 9.17) is 14.2 Å². The summed E-state index contributed by atoms with van der Waals surface area (Å²) in [7, 11) is -0.549. The Labute approximate surface area is 161 Å². The van der Waals surface area contributed by atoms with Crippen molar-refractivity contribution in [2.24, 2.45) is 4.40 Å². The molecule has 9 nitrogen and oxygen atoms in total. The van der Waals surface area contributed by atoms with Crippen LogP contribution in [-0.2, 0) is 19.6 Å². The average Bonchev–Trinajstić information content (AvgIpc) is 2.70. The predicted molar refractivity (Wildman–Crippen MR) is 100.0 cm³/mol. The molecule has 0 saturated heterocycles. The van der Waals surface area contributed by atoms with E-state index in [2.05, 4.69) is 4.40 Å². The lowest BCUT2D eigenvalue weighted by molar-refractivity contribution is -0.137. The second-order valence-corrected chi connectivity index (χ2v) is 7.67. The number of esters is 1. The Morgan fingerprint density at radius 2 is 1.96 bits per heavy atom. The molecule has 0 bridgehead atoms. The molecule has 0 aliphatic carbocycles. The molecular weight excluding hydrogens is 388 g/mol. The van der Waals surface area contributed by atoms with Crippen LogP contribution in [0.25, 0.3) is 0 Å². The normalized spacial score (nSPS) is 17.1. The molecule has 28 heavy (non-hydrogen) atoms. The average molecular weight is 406 g/mol. The van der Waals surface area contributed by atoms with Crippen molar-refractivity contribution >= 4 is 27.6 Å². The number of hydrogen-bond donors (Lipinski definition) is 0. The van der Waals surface area contributed by atoms with Crippen molar-refractivity contribution in [2.75, 3.05) is 33.1 Å². The summed E-state index contributed by atoms with van der Waals surface area (Å²) in [5.74, 6) is -0.193. The van der Waals surface area contributed by atoms with Gasteiger partial charge in [0.2, 0.25) is 5.78 Å². The molecule has 0 radical (unpaired) electrons.